The zero-order valence-electron chi connectivity index (χ0n) is 8.84. The van der Waals surface area contributed by atoms with Crippen LogP contribution in [-0.4, -0.2) is 25.3 Å². The largest absolute Gasteiger partial charge is 0.363 e. The molecular formula is C10H20N2O. The van der Waals surface area contributed by atoms with E-state index in [1.165, 1.54) is 0 Å². The summed E-state index contributed by atoms with van der Waals surface area (Å²) in [4.78, 5) is 0. The number of nitrogens with one attached hydrogen (secondary N) is 1. The molecular weight excluding hydrogens is 164 g/mol. The van der Waals surface area contributed by atoms with Crippen LogP contribution in [0.15, 0.2) is 0 Å². The smallest absolute Gasteiger partial charge is 0.143 e. The maximum absolute atomic E-state index is 8.58. The maximum atomic E-state index is 8.58. The van der Waals surface area contributed by atoms with Gasteiger partial charge in [-0.15, -0.1) is 0 Å². The van der Waals surface area contributed by atoms with E-state index in [0.717, 1.165) is 19.4 Å². The topological polar surface area (TPSA) is 45.0 Å². The molecule has 0 aliphatic rings. The zero-order valence-corrected chi connectivity index (χ0v) is 8.84. The molecule has 0 aliphatic heterocycles. The van der Waals surface area contributed by atoms with Crippen molar-refractivity contribution in [3.63, 3.8) is 0 Å². The molecule has 0 saturated heterocycles. The van der Waals surface area contributed by atoms with E-state index in [2.05, 4.69) is 25.2 Å². The van der Waals surface area contributed by atoms with Crippen LogP contribution in [0.4, 0.5) is 0 Å². The van der Waals surface area contributed by atoms with Crippen LogP contribution in [0.3, 0.4) is 0 Å². The molecule has 0 amide bonds. The van der Waals surface area contributed by atoms with Gasteiger partial charge in [-0.1, -0.05) is 20.8 Å². The number of ether oxygens (including phenoxy) is 1. The Morgan fingerprint density at radius 1 is 1.46 bits per heavy atom. The summed E-state index contributed by atoms with van der Waals surface area (Å²) in [5.41, 5.74) is 0. The van der Waals surface area contributed by atoms with Gasteiger partial charge >= 0.3 is 0 Å². The summed E-state index contributed by atoms with van der Waals surface area (Å²) in [6.45, 7) is 7.82. The van der Waals surface area contributed by atoms with Gasteiger partial charge in [0, 0.05) is 12.6 Å². The zero-order chi connectivity index (χ0) is 10.1. The standard InChI is InChI=1S/C10H20N2O/c1-4-10(8-11)13-7-5-6-12-9(2)3/h9-10,12H,4-7H2,1-3H3. The Kier molecular flexibility index (Phi) is 7.66. The SMILES string of the molecule is CCC(C#N)OCCCNC(C)C. The van der Waals surface area contributed by atoms with Crippen LogP contribution in [0.1, 0.15) is 33.6 Å². The summed E-state index contributed by atoms with van der Waals surface area (Å²) in [5, 5.41) is 11.9. The molecule has 3 nitrogen and oxygen atoms in total. The minimum atomic E-state index is -0.223. The second kappa shape index (κ2) is 8.03. The lowest BCUT2D eigenvalue weighted by molar-refractivity contribution is 0.0855. The molecule has 1 atom stereocenters. The van der Waals surface area contributed by atoms with E-state index in [4.69, 9.17) is 10.00 Å². The summed E-state index contributed by atoms with van der Waals surface area (Å²) < 4.78 is 5.32. The van der Waals surface area contributed by atoms with Gasteiger partial charge in [0.15, 0.2) is 0 Å². The van der Waals surface area contributed by atoms with Crippen molar-refractivity contribution in [2.75, 3.05) is 13.2 Å². The first kappa shape index (κ1) is 12.4. The van der Waals surface area contributed by atoms with E-state index >= 15 is 0 Å². The van der Waals surface area contributed by atoms with Gasteiger partial charge in [-0.25, -0.2) is 0 Å². The molecule has 0 rings (SSSR count). The Bertz CT molecular complexity index is 151. The van der Waals surface area contributed by atoms with Gasteiger partial charge < -0.3 is 10.1 Å². The van der Waals surface area contributed by atoms with Gasteiger partial charge in [-0.2, -0.15) is 5.26 Å². The van der Waals surface area contributed by atoms with E-state index in [1.54, 1.807) is 0 Å². The minimum absolute atomic E-state index is 0.223. The number of nitriles is 1. The monoisotopic (exact) mass is 184 g/mol. The summed E-state index contributed by atoms with van der Waals surface area (Å²) in [7, 11) is 0. The highest BCUT2D eigenvalue weighted by atomic mass is 16.5. The van der Waals surface area contributed by atoms with Crippen LogP contribution >= 0.6 is 0 Å². The lowest BCUT2D eigenvalue weighted by Gasteiger charge is -2.10. The molecule has 0 fully saturated rings. The average molecular weight is 184 g/mol. The molecule has 1 unspecified atom stereocenters. The molecule has 0 saturated carbocycles. The second-order valence-corrected chi connectivity index (χ2v) is 3.36. The van der Waals surface area contributed by atoms with Gasteiger partial charge in [-0.05, 0) is 19.4 Å². The van der Waals surface area contributed by atoms with Crippen LogP contribution in [0.2, 0.25) is 0 Å². The quantitative estimate of drug-likeness (QED) is 0.612. The molecule has 0 aliphatic carbocycles. The van der Waals surface area contributed by atoms with E-state index in [-0.39, 0.29) is 6.10 Å². The third-order valence-corrected chi connectivity index (χ3v) is 1.71. The van der Waals surface area contributed by atoms with Gasteiger partial charge in [0.2, 0.25) is 0 Å². The van der Waals surface area contributed by atoms with Crippen molar-refractivity contribution in [1.82, 2.24) is 5.32 Å². The Hall–Kier alpha value is -0.590. The number of hydrogen-bond donors (Lipinski definition) is 1. The third-order valence-electron chi connectivity index (χ3n) is 1.71. The molecule has 0 heterocycles. The second-order valence-electron chi connectivity index (χ2n) is 3.36. The van der Waals surface area contributed by atoms with Gasteiger partial charge in [-0.3, -0.25) is 0 Å². The predicted octanol–water partition coefficient (Wildman–Crippen LogP) is 1.69. The lowest BCUT2D eigenvalue weighted by atomic mass is 10.3. The highest BCUT2D eigenvalue weighted by Gasteiger charge is 2.02. The fourth-order valence-electron chi connectivity index (χ4n) is 0.935. The van der Waals surface area contributed by atoms with E-state index in [0.29, 0.717) is 12.6 Å². The molecule has 3 heteroatoms. The first-order valence-electron chi connectivity index (χ1n) is 4.95. The highest BCUT2D eigenvalue weighted by Crippen LogP contribution is 1.96. The van der Waals surface area contributed by atoms with E-state index < -0.39 is 0 Å². The Morgan fingerprint density at radius 2 is 2.15 bits per heavy atom. The lowest BCUT2D eigenvalue weighted by Crippen LogP contribution is -2.25. The number of nitrogens with zero attached hydrogens (tertiary/aromatic N) is 1. The van der Waals surface area contributed by atoms with Crippen molar-refractivity contribution < 1.29 is 4.74 Å². The molecule has 13 heavy (non-hydrogen) atoms. The van der Waals surface area contributed by atoms with Crippen molar-refractivity contribution >= 4 is 0 Å². The van der Waals surface area contributed by atoms with Gasteiger partial charge in [0.1, 0.15) is 6.10 Å². The van der Waals surface area contributed by atoms with E-state index in [1.807, 2.05) is 6.92 Å². The number of rotatable bonds is 7. The molecule has 0 bridgehead atoms. The summed E-state index contributed by atoms with van der Waals surface area (Å²) in [5.74, 6) is 0. The predicted molar refractivity (Wildman–Crippen MR) is 53.4 cm³/mol. The molecule has 0 spiro atoms. The molecule has 0 aromatic rings. The average Bonchev–Trinajstić information content (AvgIpc) is 2.11. The summed E-state index contributed by atoms with van der Waals surface area (Å²) in [6.07, 6.45) is 1.52. The molecule has 0 aromatic carbocycles. The van der Waals surface area contributed by atoms with Crippen molar-refractivity contribution in [2.24, 2.45) is 0 Å². The molecule has 76 valence electrons. The molecule has 1 N–H and O–H groups in total. The van der Waals surface area contributed by atoms with Crippen molar-refractivity contribution in [3.05, 3.63) is 0 Å². The Morgan fingerprint density at radius 3 is 2.62 bits per heavy atom. The van der Waals surface area contributed by atoms with Crippen LogP contribution in [0.5, 0.6) is 0 Å². The molecule has 0 radical (unpaired) electrons. The van der Waals surface area contributed by atoms with Crippen LogP contribution in [-0.2, 0) is 4.74 Å². The summed E-state index contributed by atoms with van der Waals surface area (Å²) >= 11 is 0. The first-order valence-corrected chi connectivity index (χ1v) is 4.95. The van der Waals surface area contributed by atoms with Crippen molar-refractivity contribution in [2.45, 2.75) is 45.8 Å². The summed E-state index contributed by atoms with van der Waals surface area (Å²) in [6, 6.07) is 2.63. The van der Waals surface area contributed by atoms with Crippen molar-refractivity contribution in [1.29, 1.82) is 5.26 Å². The molecule has 0 aromatic heterocycles. The minimum Gasteiger partial charge on any atom is -0.363 e. The van der Waals surface area contributed by atoms with Gasteiger partial charge in [0.25, 0.3) is 0 Å². The van der Waals surface area contributed by atoms with Crippen LogP contribution < -0.4 is 5.32 Å². The van der Waals surface area contributed by atoms with Crippen LogP contribution in [0, 0.1) is 11.3 Å². The number of hydrogen-bond acceptors (Lipinski definition) is 3. The highest BCUT2D eigenvalue weighted by molar-refractivity contribution is 4.82. The van der Waals surface area contributed by atoms with Crippen LogP contribution in [0.25, 0.3) is 0 Å². The van der Waals surface area contributed by atoms with Crippen molar-refractivity contribution in [3.8, 4) is 6.07 Å². The maximum Gasteiger partial charge on any atom is 0.143 e. The van der Waals surface area contributed by atoms with E-state index in [9.17, 15) is 0 Å². The normalized spacial score (nSPS) is 12.8. The fourth-order valence-corrected chi connectivity index (χ4v) is 0.935. The Balaban J connectivity index is 3.21. The Labute approximate surface area is 81.1 Å². The third kappa shape index (κ3) is 7.76. The first-order chi connectivity index (χ1) is 6.20. The van der Waals surface area contributed by atoms with Gasteiger partial charge in [0.05, 0.1) is 6.07 Å². The fraction of sp³-hybridized carbons (Fsp3) is 0.900.